The van der Waals surface area contributed by atoms with Gasteiger partial charge in [0.2, 0.25) is 0 Å². The molecule has 1 rings (SSSR count). The van der Waals surface area contributed by atoms with Crippen LogP contribution in [0.3, 0.4) is 0 Å². The molecule has 0 bridgehead atoms. The monoisotopic (exact) mass is 172 g/mol. The topological polar surface area (TPSA) is 29.5 Å². The summed E-state index contributed by atoms with van der Waals surface area (Å²) >= 11 is 0. The van der Waals surface area contributed by atoms with Crippen molar-refractivity contribution in [1.82, 2.24) is 0 Å². The summed E-state index contributed by atoms with van der Waals surface area (Å²) in [5.41, 5.74) is 0. The van der Waals surface area contributed by atoms with Gasteiger partial charge in [-0.3, -0.25) is 0 Å². The van der Waals surface area contributed by atoms with Crippen molar-refractivity contribution >= 4 is 0 Å². The summed E-state index contributed by atoms with van der Waals surface area (Å²) in [6.07, 6.45) is 0.333. The highest BCUT2D eigenvalue weighted by molar-refractivity contribution is 4.83. The second-order valence-electron chi connectivity index (χ2n) is 4.14. The molecule has 72 valence electrons. The number of ether oxygens (including phenoxy) is 1. The molecule has 5 atom stereocenters. The lowest BCUT2D eigenvalue weighted by Gasteiger charge is -2.41. The number of rotatable bonds is 1. The quantitative estimate of drug-likeness (QED) is 0.652. The van der Waals surface area contributed by atoms with E-state index in [0.717, 1.165) is 0 Å². The van der Waals surface area contributed by atoms with Crippen molar-refractivity contribution in [3.8, 4) is 0 Å². The molecule has 0 aromatic rings. The molecule has 0 aliphatic carbocycles. The second kappa shape index (κ2) is 3.75. The van der Waals surface area contributed by atoms with Crippen LogP contribution in [0.2, 0.25) is 0 Å². The summed E-state index contributed by atoms with van der Waals surface area (Å²) in [4.78, 5) is 0. The summed E-state index contributed by atoms with van der Waals surface area (Å²) in [5, 5.41) is 9.06. The molecule has 0 saturated carbocycles. The van der Waals surface area contributed by atoms with Crippen LogP contribution in [-0.2, 0) is 4.74 Å². The summed E-state index contributed by atoms with van der Waals surface area (Å²) in [6, 6.07) is 0. The number of aliphatic hydroxyl groups is 1. The third kappa shape index (κ3) is 1.64. The highest BCUT2D eigenvalue weighted by Gasteiger charge is 2.36. The Labute approximate surface area is 74.9 Å². The standard InChI is InChI=1S/C10H20O2/c1-6-7(2)9(4)12-10(5-11)8(6)3/h6-11H,5H2,1-4H3/t6?,7-,8-,9+,10?/m1/s1. The fraction of sp³-hybridized carbons (Fsp3) is 1.00. The van der Waals surface area contributed by atoms with Gasteiger partial charge in [-0.25, -0.2) is 0 Å². The Morgan fingerprint density at radius 3 is 2.08 bits per heavy atom. The first-order chi connectivity index (χ1) is 5.57. The zero-order valence-corrected chi connectivity index (χ0v) is 8.45. The van der Waals surface area contributed by atoms with Crippen molar-refractivity contribution in [2.45, 2.75) is 39.9 Å². The lowest BCUT2D eigenvalue weighted by molar-refractivity contribution is -0.140. The van der Waals surface area contributed by atoms with Crippen LogP contribution in [0.5, 0.6) is 0 Å². The van der Waals surface area contributed by atoms with E-state index in [1.165, 1.54) is 0 Å². The Morgan fingerprint density at radius 2 is 1.58 bits per heavy atom. The molecule has 0 aromatic carbocycles. The zero-order valence-electron chi connectivity index (χ0n) is 8.45. The van der Waals surface area contributed by atoms with Gasteiger partial charge in [0.25, 0.3) is 0 Å². The first-order valence-corrected chi connectivity index (χ1v) is 4.84. The van der Waals surface area contributed by atoms with Crippen molar-refractivity contribution in [2.75, 3.05) is 6.61 Å². The molecule has 12 heavy (non-hydrogen) atoms. The van der Waals surface area contributed by atoms with E-state index in [-0.39, 0.29) is 18.8 Å². The van der Waals surface area contributed by atoms with Crippen LogP contribution in [0.25, 0.3) is 0 Å². The Hall–Kier alpha value is -0.0800. The maximum Gasteiger partial charge on any atom is 0.0837 e. The van der Waals surface area contributed by atoms with Gasteiger partial charge in [-0.1, -0.05) is 20.8 Å². The summed E-state index contributed by atoms with van der Waals surface area (Å²) < 4.78 is 5.68. The average molecular weight is 172 g/mol. The van der Waals surface area contributed by atoms with Gasteiger partial charge >= 0.3 is 0 Å². The van der Waals surface area contributed by atoms with Gasteiger partial charge in [0.15, 0.2) is 0 Å². The highest BCUT2D eigenvalue weighted by atomic mass is 16.5. The van der Waals surface area contributed by atoms with Crippen molar-refractivity contribution in [2.24, 2.45) is 17.8 Å². The molecule has 0 spiro atoms. The predicted molar refractivity (Wildman–Crippen MR) is 48.9 cm³/mol. The van der Waals surface area contributed by atoms with Gasteiger partial charge in [0.05, 0.1) is 18.8 Å². The van der Waals surface area contributed by atoms with E-state index in [2.05, 4.69) is 27.7 Å². The summed E-state index contributed by atoms with van der Waals surface area (Å²) in [6.45, 7) is 8.88. The molecule has 1 aliphatic rings. The van der Waals surface area contributed by atoms with E-state index in [0.29, 0.717) is 17.8 Å². The first kappa shape index (κ1) is 10.0. The Bertz CT molecular complexity index is 142. The van der Waals surface area contributed by atoms with Crippen molar-refractivity contribution in [1.29, 1.82) is 0 Å². The maximum absolute atomic E-state index is 9.06. The van der Waals surface area contributed by atoms with E-state index in [4.69, 9.17) is 9.84 Å². The molecule has 1 heterocycles. The van der Waals surface area contributed by atoms with Gasteiger partial charge in [-0.2, -0.15) is 0 Å². The molecule has 2 unspecified atom stereocenters. The molecule has 1 aliphatic heterocycles. The molecular weight excluding hydrogens is 152 g/mol. The van der Waals surface area contributed by atoms with Gasteiger partial charge in [-0.15, -0.1) is 0 Å². The van der Waals surface area contributed by atoms with Crippen LogP contribution in [0, 0.1) is 17.8 Å². The minimum absolute atomic E-state index is 0.0474. The van der Waals surface area contributed by atoms with Crippen LogP contribution in [0.15, 0.2) is 0 Å². The van der Waals surface area contributed by atoms with Crippen molar-refractivity contribution < 1.29 is 9.84 Å². The van der Waals surface area contributed by atoms with Gasteiger partial charge in [0.1, 0.15) is 0 Å². The highest BCUT2D eigenvalue weighted by Crippen LogP contribution is 2.34. The van der Waals surface area contributed by atoms with Gasteiger partial charge in [-0.05, 0) is 24.7 Å². The minimum atomic E-state index is 0.0474. The second-order valence-corrected chi connectivity index (χ2v) is 4.14. The van der Waals surface area contributed by atoms with Gasteiger partial charge < -0.3 is 9.84 Å². The van der Waals surface area contributed by atoms with E-state index in [1.54, 1.807) is 0 Å². The summed E-state index contributed by atoms with van der Waals surface area (Å²) in [7, 11) is 0. The molecule has 2 heteroatoms. The fourth-order valence-corrected chi connectivity index (χ4v) is 1.98. The van der Waals surface area contributed by atoms with Crippen LogP contribution in [-0.4, -0.2) is 23.9 Å². The number of aliphatic hydroxyl groups excluding tert-OH is 1. The average Bonchev–Trinajstić information content (AvgIpc) is 2.08. The van der Waals surface area contributed by atoms with E-state index < -0.39 is 0 Å². The van der Waals surface area contributed by atoms with Gasteiger partial charge in [0, 0.05) is 0 Å². The minimum Gasteiger partial charge on any atom is -0.394 e. The lowest BCUT2D eigenvalue weighted by Crippen LogP contribution is -2.44. The lowest BCUT2D eigenvalue weighted by atomic mass is 9.77. The van der Waals surface area contributed by atoms with E-state index >= 15 is 0 Å². The first-order valence-electron chi connectivity index (χ1n) is 4.84. The summed E-state index contributed by atoms with van der Waals surface area (Å²) in [5.74, 6) is 1.72. The molecule has 0 amide bonds. The molecule has 1 N–H and O–H groups in total. The number of hydrogen-bond donors (Lipinski definition) is 1. The van der Waals surface area contributed by atoms with E-state index in [1.807, 2.05) is 0 Å². The van der Waals surface area contributed by atoms with Crippen LogP contribution in [0.4, 0.5) is 0 Å². The normalized spacial score (nSPS) is 49.2. The molecule has 2 nitrogen and oxygen atoms in total. The van der Waals surface area contributed by atoms with Crippen LogP contribution < -0.4 is 0 Å². The third-order valence-electron chi connectivity index (χ3n) is 3.55. The maximum atomic E-state index is 9.06. The van der Waals surface area contributed by atoms with Crippen LogP contribution in [0.1, 0.15) is 27.7 Å². The molecule has 1 saturated heterocycles. The van der Waals surface area contributed by atoms with E-state index in [9.17, 15) is 0 Å². The zero-order chi connectivity index (χ0) is 9.30. The van der Waals surface area contributed by atoms with Crippen molar-refractivity contribution in [3.63, 3.8) is 0 Å². The van der Waals surface area contributed by atoms with Crippen LogP contribution >= 0.6 is 0 Å². The predicted octanol–water partition coefficient (Wildman–Crippen LogP) is 1.67. The molecule has 0 radical (unpaired) electrons. The Kier molecular flexibility index (Phi) is 3.13. The SMILES string of the molecule is CC1[C@@H](C)C(CO)O[C@@H](C)[C@@H]1C. The largest absolute Gasteiger partial charge is 0.394 e. The third-order valence-corrected chi connectivity index (χ3v) is 3.55. The number of hydrogen-bond acceptors (Lipinski definition) is 2. The smallest absolute Gasteiger partial charge is 0.0837 e. The molecular formula is C10H20O2. The Morgan fingerprint density at radius 1 is 1.00 bits per heavy atom. The Balaban J connectivity index is 2.63. The molecule has 1 fully saturated rings. The fourth-order valence-electron chi connectivity index (χ4n) is 1.98. The van der Waals surface area contributed by atoms with Crippen molar-refractivity contribution in [3.05, 3.63) is 0 Å². The molecule has 0 aromatic heterocycles.